The summed E-state index contributed by atoms with van der Waals surface area (Å²) in [7, 11) is 0. The van der Waals surface area contributed by atoms with E-state index in [1.807, 2.05) is 6.08 Å². The first-order valence-corrected chi connectivity index (χ1v) is 4.75. The molecule has 0 radical (unpaired) electrons. The molecule has 1 heterocycles. The van der Waals surface area contributed by atoms with Crippen molar-refractivity contribution >= 4 is 0 Å². The van der Waals surface area contributed by atoms with E-state index in [2.05, 4.69) is 21.2 Å². The third-order valence-electron chi connectivity index (χ3n) is 2.38. The van der Waals surface area contributed by atoms with Crippen LogP contribution in [0.4, 0.5) is 0 Å². The number of piperazine rings is 1. The lowest BCUT2D eigenvalue weighted by Gasteiger charge is -2.32. The van der Waals surface area contributed by atoms with E-state index in [-0.39, 0.29) is 0 Å². The second kappa shape index (κ2) is 5.74. The SMILES string of the molecule is [C-]#[N+]CCN1CCN(CC=C)CC1. The first-order valence-electron chi connectivity index (χ1n) is 4.75. The standard InChI is InChI=1S/C10H17N3/c1-3-5-12-7-9-13(10-8-12)6-4-11-2/h3H,1,4-10H2. The fraction of sp³-hybridized carbons (Fsp3) is 0.700. The number of rotatable bonds is 4. The molecule has 1 aliphatic rings. The first kappa shape index (κ1) is 10.2. The Bertz CT molecular complexity index is 187. The van der Waals surface area contributed by atoms with E-state index >= 15 is 0 Å². The minimum Gasteiger partial charge on any atom is -0.316 e. The quantitative estimate of drug-likeness (QED) is 0.465. The summed E-state index contributed by atoms with van der Waals surface area (Å²) in [6.07, 6.45) is 1.95. The molecule has 1 rings (SSSR count). The van der Waals surface area contributed by atoms with Gasteiger partial charge in [0.05, 0.1) is 6.54 Å². The van der Waals surface area contributed by atoms with E-state index < -0.39 is 0 Å². The van der Waals surface area contributed by atoms with Crippen molar-refractivity contribution in [3.63, 3.8) is 0 Å². The number of hydrogen-bond acceptors (Lipinski definition) is 2. The number of hydrogen-bond donors (Lipinski definition) is 0. The molecule has 0 bridgehead atoms. The molecule has 0 aromatic heterocycles. The van der Waals surface area contributed by atoms with Gasteiger partial charge >= 0.3 is 0 Å². The first-order chi connectivity index (χ1) is 6.36. The molecule has 72 valence electrons. The van der Waals surface area contributed by atoms with Crippen LogP contribution in [-0.2, 0) is 0 Å². The summed E-state index contributed by atoms with van der Waals surface area (Å²) in [5.74, 6) is 0. The normalized spacial score (nSPS) is 19.6. The molecule has 1 fully saturated rings. The van der Waals surface area contributed by atoms with Gasteiger partial charge in [-0.2, -0.15) is 0 Å². The molecule has 3 nitrogen and oxygen atoms in total. The fourth-order valence-corrected chi connectivity index (χ4v) is 1.57. The lowest BCUT2D eigenvalue weighted by Crippen LogP contribution is -2.46. The molecule has 0 aromatic carbocycles. The Kier molecular flexibility index (Phi) is 4.52. The predicted molar refractivity (Wildman–Crippen MR) is 54.5 cm³/mol. The molecule has 1 saturated heterocycles. The molecular formula is C10H17N3. The Morgan fingerprint density at radius 2 is 1.85 bits per heavy atom. The van der Waals surface area contributed by atoms with Gasteiger partial charge in [0.15, 0.2) is 0 Å². The van der Waals surface area contributed by atoms with Gasteiger partial charge in [0.25, 0.3) is 0 Å². The van der Waals surface area contributed by atoms with Crippen molar-refractivity contribution in [2.45, 2.75) is 0 Å². The zero-order valence-corrected chi connectivity index (χ0v) is 8.08. The summed E-state index contributed by atoms with van der Waals surface area (Å²) >= 11 is 0. The zero-order chi connectivity index (χ0) is 9.52. The van der Waals surface area contributed by atoms with E-state index in [4.69, 9.17) is 6.57 Å². The molecule has 1 aliphatic heterocycles. The van der Waals surface area contributed by atoms with Crippen molar-refractivity contribution in [1.82, 2.24) is 9.80 Å². The van der Waals surface area contributed by atoms with Crippen LogP contribution in [-0.4, -0.2) is 55.6 Å². The van der Waals surface area contributed by atoms with Crippen LogP contribution >= 0.6 is 0 Å². The van der Waals surface area contributed by atoms with Gasteiger partial charge in [-0.25, -0.2) is 6.57 Å². The van der Waals surface area contributed by atoms with Gasteiger partial charge in [0, 0.05) is 32.7 Å². The molecule has 0 atom stereocenters. The third-order valence-corrected chi connectivity index (χ3v) is 2.38. The van der Waals surface area contributed by atoms with Crippen LogP contribution in [0.15, 0.2) is 12.7 Å². The highest BCUT2D eigenvalue weighted by Gasteiger charge is 2.15. The molecule has 0 N–H and O–H groups in total. The smallest absolute Gasteiger partial charge is 0.227 e. The Morgan fingerprint density at radius 1 is 1.23 bits per heavy atom. The Balaban J connectivity index is 2.15. The van der Waals surface area contributed by atoms with Crippen molar-refractivity contribution < 1.29 is 0 Å². The maximum absolute atomic E-state index is 6.70. The summed E-state index contributed by atoms with van der Waals surface area (Å²) in [6.45, 7) is 17.4. The largest absolute Gasteiger partial charge is 0.316 e. The van der Waals surface area contributed by atoms with Gasteiger partial charge in [0.1, 0.15) is 0 Å². The van der Waals surface area contributed by atoms with E-state index in [0.717, 1.165) is 39.3 Å². The van der Waals surface area contributed by atoms with E-state index in [0.29, 0.717) is 6.54 Å². The zero-order valence-electron chi connectivity index (χ0n) is 8.08. The average Bonchev–Trinajstić information content (AvgIpc) is 2.17. The van der Waals surface area contributed by atoms with Crippen LogP contribution in [0.3, 0.4) is 0 Å². The van der Waals surface area contributed by atoms with Crippen LogP contribution < -0.4 is 0 Å². The highest BCUT2D eigenvalue weighted by Crippen LogP contribution is 2.00. The van der Waals surface area contributed by atoms with Gasteiger partial charge in [-0.1, -0.05) is 6.08 Å². The van der Waals surface area contributed by atoms with Gasteiger partial charge in [0.2, 0.25) is 6.54 Å². The number of nitrogens with zero attached hydrogens (tertiary/aromatic N) is 3. The molecule has 0 aliphatic carbocycles. The van der Waals surface area contributed by atoms with E-state index in [9.17, 15) is 0 Å². The summed E-state index contributed by atoms with van der Waals surface area (Å²) in [6, 6.07) is 0. The maximum atomic E-state index is 6.70. The van der Waals surface area contributed by atoms with Crippen LogP contribution in [0.25, 0.3) is 4.85 Å². The van der Waals surface area contributed by atoms with Crippen LogP contribution in [0, 0.1) is 6.57 Å². The second-order valence-electron chi connectivity index (χ2n) is 3.31. The molecule has 13 heavy (non-hydrogen) atoms. The monoisotopic (exact) mass is 179 g/mol. The molecule has 0 aromatic rings. The Hall–Kier alpha value is -0.850. The topological polar surface area (TPSA) is 10.8 Å². The lowest BCUT2D eigenvalue weighted by atomic mass is 10.3. The van der Waals surface area contributed by atoms with E-state index in [1.54, 1.807) is 0 Å². The van der Waals surface area contributed by atoms with Crippen molar-refractivity contribution in [2.24, 2.45) is 0 Å². The summed E-state index contributed by atoms with van der Waals surface area (Å²) < 4.78 is 0. The molecular weight excluding hydrogens is 162 g/mol. The average molecular weight is 179 g/mol. The van der Waals surface area contributed by atoms with Gasteiger partial charge < -0.3 is 4.85 Å². The molecule has 0 amide bonds. The highest BCUT2D eigenvalue weighted by atomic mass is 15.3. The van der Waals surface area contributed by atoms with Gasteiger partial charge in [-0.15, -0.1) is 6.58 Å². The van der Waals surface area contributed by atoms with Crippen LogP contribution in [0.2, 0.25) is 0 Å². The van der Waals surface area contributed by atoms with Crippen molar-refractivity contribution in [2.75, 3.05) is 45.8 Å². The van der Waals surface area contributed by atoms with Crippen molar-refractivity contribution in [3.8, 4) is 0 Å². The maximum Gasteiger partial charge on any atom is 0.227 e. The second-order valence-corrected chi connectivity index (χ2v) is 3.31. The Labute approximate surface area is 80.5 Å². The molecule has 0 unspecified atom stereocenters. The molecule has 0 spiro atoms. The molecule has 3 heteroatoms. The lowest BCUT2D eigenvalue weighted by molar-refractivity contribution is 0.147. The Morgan fingerprint density at radius 3 is 2.38 bits per heavy atom. The minimum absolute atomic E-state index is 0.640. The van der Waals surface area contributed by atoms with Crippen molar-refractivity contribution in [3.05, 3.63) is 24.1 Å². The molecule has 0 saturated carbocycles. The predicted octanol–water partition coefficient (Wildman–Crippen LogP) is 0.709. The van der Waals surface area contributed by atoms with Crippen molar-refractivity contribution in [1.29, 1.82) is 0 Å². The fourth-order valence-electron chi connectivity index (χ4n) is 1.57. The highest BCUT2D eigenvalue weighted by molar-refractivity contribution is 4.79. The summed E-state index contributed by atoms with van der Waals surface area (Å²) in [5.41, 5.74) is 0. The summed E-state index contributed by atoms with van der Waals surface area (Å²) in [5, 5.41) is 0. The van der Waals surface area contributed by atoms with Crippen LogP contribution in [0.1, 0.15) is 0 Å². The van der Waals surface area contributed by atoms with Gasteiger partial charge in [-0.05, 0) is 0 Å². The minimum atomic E-state index is 0.640. The van der Waals surface area contributed by atoms with Crippen LogP contribution in [0.5, 0.6) is 0 Å². The summed E-state index contributed by atoms with van der Waals surface area (Å²) in [4.78, 5) is 8.11. The van der Waals surface area contributed by atoms with E-state index in [1.165, 1.54) is 0 Å². The third kappa shape index (κ3) is 3.58. The van der Waals surface area contributed by atoms with Gasteiger partial charge in [-0.3, -0.25) is 9.80 Å².